The first kappa shape index (κ1) is 7.33. The summed E-state index contributed by atoms with van der Waals surface area (Å²) in [5.41, 5.74) is 0.894. The van der Waals surface area contributed by atoms with Crippen molar-refractivity contribution < 1.29 is 13.7 Å². The summed E-state index contributed by atoms with van der Waals surface area (Å²) >= 11 is 0. The molecule has 0 aromatic rings. The molecule has 0 saturated carbocycles. The van der Waals surface area contributed by atoms with Crippen LogP contribution in [0.1, 0.15) is 12.8 Å². The predicted molar refractivity (Wildman–Crippen MR) is 24.5 cm³/mol. The molecule has 0 aromatic carbocycles. The Hall–Kier alpha value is -0.670. The van der Waals surface area contributed by atoms with Crippen LogP contribution in [0, 0.1) is 0 Å². The van der Waals surface area contributed by atoms with Gasteiger partial charge in [-0.05, 0) is 6.42 Å². The molecule has 4 heteroatoms. The molecule has 0 saturated heterocycles. The van der Waals surface area contributed by atoms with Crippen molar-refractivity contribution in [3.05, 3.63) is 0 Å². The maximum absolute atomic E-state index is 11.2. The third-order valence-electron chi connectivity index (χ3n) is 0.643. The summed E-state index contributed by atoms with van der Waals surface area (Å²) < 4.78 is 22.2. The van der Waals surface area contributed by atoms with Crippen molar-refractivity contribution in [1.82, 2.24) is 5.54 Å². The van der Waals surface area contributed by atoms with E-state index in [9.17, 15) is 13.7 Å². The molecule has 0 atom stereocenters. The zero-order valence-corrected chi connectivity index (χ0v) is 4.29. The molecule has 0 radical (unpaired) electrons. The largest absolute Gasteiger partial charge is 0.273 e. The quantitative estimate of drug-likeness (QED) is 0.551. The molecular formula is C4H7F2NO. The van der Waals surface area contributed by atoms with Crippen LogP contribution in [0.25, 0.3) is 0 Å². The van der Waals surface area contributed by atoms with Gasteiger partial charge in [-0.25, -0.2) is 0 Å². The van der Waals surface area contributed by atoms with Crippen molar-refractivity contribution in [3.63, 3.8) is 0 Å². The number of carbonyl (C=O) groups is 1. The van der Waals surface area contributed by atoms with E-state index in [2.05, 4.69) is 0 Å². The van der Waals surface area contributed by atoms with Crippen LogP contribution in [0.2, 0.25) is 0 Å². The van der Waals surface area contributed by atoms with Gasteiger partial charge in [0, 0.05) is 6.42 Å². The van der Waals surface area contributed by atoms with Gasteiger partial charge in [-0.2, -0.15) is 5.54 Å². The lowest BCUT2D eigenvalue weighted by atomic mass is 10.3. The second kappa shape index (κ2) is 4.49. The highest BCUT2D eigenvalue weighted by atomic mass is 19.2. The zero-order valence-electron chi connectivity index (χ0n) is 4.29. The summed E-state index contributed by atoms with van der Waals surface area (Å²) in [6.07, 6.45) is 0.0166. The lowest BCUT2D eigenvalue weighted by molar-refractivity contribution is -0.125. The lowest BCUT2D eigenvalue weighted by Gasteiger charge is -1.89. The molecule has 48 valence electrons. The normalized spacial score (nSPS) is 8.75. The van der Waals surface area contributed by atoms with Gasteiger partial charge in [0.15, 0.2) is 0 Å². The first-order valence-corrected chi connectivity index (χ1v) is 2.26. The Morgan fingerprint density at radius 2 is 2.25 bits per heavy atom. The average Bonchev–Trinajstić information content (AvgIpc) is 1.83. The summed E-state index contributed by atoms with van der Waals surface area (Å²) in [5, 5.41) is 0. The van der Waals surface area contributed by atoms with Crippen molar-refractivity contribution in [3.8, 4) is 0 Å². The molecule has 0 bridgehead atoms. The van der Waals surface area contributed by atoms with Crippen molar-refractivity contribution in [2.75, 3.05) is 6.67 Å². The highest BCUT2D eigenvalue weighted by Gasteiger charge is 1.96. The third kappa shape index (κ3) is 3.52. The maximum atomic E-state index is 11.2. The van der Waals surface area contributed by atoms with Crippen LogP contribution in [-0.4, -0.2) is 12.6 Å². The van der Waals surface area contributed by atoms with Gasteiger partial charge in [0.25, 0.3) is 0 Å². The van der Waals surface area contributed by atoms with Crippen molar-refractivity contribution >= 4 is 5.91 Å². The first-order chi connectivity index (χ1) is 3.81. The minimum atomic E-state index is -0.761. The third-order valence-corrected chi connectivity index (χ3v) is 0.643. The van der Waals surface area contributed by atoms with Crippen LogP contribution in [-0.2, 0) is 4.79 Å². The highest BCUT2D eigenvalue weighted by Crippen LogP contribution is 1.87. The minimum Gasteiger partial charge on any atom is -0.273 e. The molecule has 0 aromatic heterocycles. The Morgan fingerprint density at radius 1 is 1.62 bits per heavy atom. The van der Waals surface area contributed by atoms with E-state index in [1.165, 1.54) is 0 Å². The number of rotatable bonds is 3. The Morgan fingerprint density at radius 3 is 2.62 bits per heavy atom. The van der Waals surface area contributed by atoms with Crippen LogP contribution in [0.3, 0.4) is 0 Å². The van der Waals surface area contributed by atoms with E-state index in [1.807, 2.05) is 0 Å². The number of hydrogen-bond acceptors (Lipinski definition) is 1. The van der Waals surface area contributed by atoms with Gasteiger partial charge in [0.2, 0.25) is 5.91 Å². The molecule has 0 unspecified atom stereocenters. The number of nitrogens with one attached hydrogen (secondary N) is 1. The Balaban J connectivity index is 2.99. The van der Waals surface area contributed by atoms with E-state index in [0.29, 0.717) is 0 Å². The first-order valence-electron chi connectivity index (χ1n) is 2.26. The molecule has 0 heterocycles. The molecule has 8 heavy (non-hydrogen) atoms. The average molecular weight is 123 g/mol. The number of hydrogen-bond donors (Lipinski definition) is 1. The molecule has 0 spiro atoms. The molecule has 0 aliphatic heterocycles. The standard InChI is InChI=1S/C4H7F2NO/c5-3-1-2-4(8)7-6/h1-3H2,(H,7,8). The topological polar surface area (TPSA) is 29.1 Å². The number of halogens is 2. The fraction of sp³-hybridized carbons (Fsp3) is 0.750. The van der Waals surface area contributed by atoms with Crippen molar-refractivity contribution in [2.45, 2.75) is 12.8 Å². The zero-order chi connectivity index (χ0) is 6.41. The molecule has 0 rings (SSSR count). The molecular weight excluding hydrogens is 116 g/mol. The van der Waals surface area contributed by atoms with E-state index >= 15 is 0 Å². The van der Waals surface area contributed by atoms with Crippen molar-refractivity contribution in [1.29, 1.82) is 0 Å². The summed E-state index contributed by atoms with van der Waals surface area (Å²) in [6, 6.07) is 0. The van der Waals surface area contributed by atoms with Gasteiger partial charge in [0.05, 0.1) is 6.67 Å². The van der Waals surface area contributed by atoms with Gasteiger partial charge < -0.3 is 0 Å². The molecule has 2 nitrogen and oxygen atoms in total. The van der Waals surface area contributed by atoms with Gasteiger partial charge in [0.1, 0.15) is 0 Å². The maximum Gasteiger partial charge on any atom is 0.247 e. The van der Waals surface area contributed by atoms with Gasteiger partial charge in [-0.15, -0.1) is 4.48 Å². The second-order valence-electron chi connectivity index (χ2n) is 1.31. The number of alkyl halides is 1. The van der Waals surface area contributed by atoms with E-state index in [4.69, 9.17) is 0 Å². The summed E-state index contributed by atoms with van der Waals surface area (Å²) in [4.78, 5) is 9.92. The van der Waals surface area contributed by atoms with Crippen LogP contribution >= 0.6 is 0 Å². The summed E-state index contributed by atoms with van der Waals surface area (Å²) in [5.74, 6) is -0.761. The monoisotopic (exact) mass is 123 g/mol. The summed E-state index contributed by atoms with van der Waals surface area (Å²) in [7, 11) is 0. The van der Waals surface area contributed by atoms with Crippen LogP contribution in [0.4, 0.5) is 8.87 Å². The van der Waals surface area contributed by atoms with Crippen LogP contribution < -0.4 is 5.54 Å². The van der Waals surface area contributed by atoms with E-state index < -0.39 is 12.6 Å². The fourth-order valence-corrected chi connectivity index (χ4v) is 0.275. The molecule has 0 fully saturated rings. The Bertz CT molecular complexity index is 76.4. The second-order valence-corrected chi connectivity index (χ2v) is 1.31. The van der Waals surface area contributed by atoms with Crippen LogP contribution in [0.5, 0.6) is 0 Å². The van der Waals surface area contributed by atoms with Crippen molar-refractivity contribution in [2.24, 2.45) is 0 Å². The molecule has 0 aliphatic rings. The van der Waals surface area contributed by atoms with Crippen LogP contribution in [0.15, 0.2) is 0 Å². The molecule has 1 N–H and O–H groups in total. The van der Waals surface area contributed by atoms with Gasteiger partial charge in [-0.1, -0.05) is 0 Å². The Labute approximate surface area is 45.8 Å². The van der Waals surface area contributed by atoms with E-state index in [1.54, 1.807) is 0 Å². The fourth-order valence-electron chi connectivity index (χ4n) is 0.275. The predicted octanol–water partition coefficient (Wildman–Crippen LogP) is 0.737. The lowest BCUT2D eigenvalue weighted by Crippen LogP contribution is -2.12. The highest BCUT2D eigenvalue weighted by molar-refractivity contribution is 5.74. The van der Waals surface area contributed by atoms with Gasteiger partial charge in [-0.3, -0.25) is 9.18 Å². The SMILES string of the molecule is O=C(CCCF)NF. The molecule has 1 amide bonds. The van der Waals surface area contributed by atoms with E-state index in [0.717, 1.165) is 5.54 Å². The Kier molecular flexibility index (Phi) is 4.11. The van der Waals surface area contributed by atoms with Gasteiger partial charge >= 0.3 is 0 Å². The molecule has 0 aliphatic carbocycles. The van der Waals surface area contributed by atoms with E-state index in [-0.39, 0.29) is 12.8 Å². The summed E-state index contributed by atoms with van der Waals surface area (Å²) in [6.45, 7) is -0.576. The number of carbonyl (C=O) groups excluding carboxylic acids is 1. The number of amides is 1. The minimum absolute atomic E-state index is 0.0764. The smallest absolute Gasteiger partial charge is 0.247 e.